The van der Waals surface area contributed by atoms with Crippen molar-refractivity contribution < 1.29 is 9.53 Å². The van der Waals surface area contributed by atoms with Crippen LogP contribution in [0.2, 0.25) is 0 Å². The van der Waals surface area contributed by atoms with Crippen LogP contribution in [0.25, 0.3) is 0 Å². The van der Waals surface area contributed by atoms with Gasteiger partial charge in [0.25, 0.3) is 5.24 Å². The summed E-state index contributed by atoms with van der Waals surface area (Å²) in [6, 6.07) is 7.67. The maximum atomic E-state index is 10.5. The molecule has 0 radical (unpaired) electrons. The van der Waals surface area contributed by atoms with E-state index < -0.39 is 5.24 Å². The second-order valence-electron chi connectivity index (χ2n) is 3.37. The number of ether oxygens (including phenoxy) is 1. The molecule has 3 heteroatoms. The molecule has 0 fully saturated rings. The highest BCUT2D eigenvalue weighted by Crippen LogP contribution is 2.19. The summed E-state index contributed by atoms with van der Waals surface area (Å²) in [6.45, 7) is 4.13. The van der Waals surface area contributed by atoms with Crippen LogP contribution in [-0.4, -0.2) is 11.8 Å². The van der Waals surface area contributed by atoms with Crippen LogP contribution in [0.1, 0.15) is 25.3 Å². The molecule has 0 aliphatic carbocycles. The number of carbonyl (C=O) groups excluding carboxylic acids is 1. The Morgan fingerprint density at radius 1 is 1.50 bits per heavy atom. The van der Waals surface area contributed by atoms with E-state index in [9.17, 15) is 4.79 Å². The summed E-state index contributed by atoms with van der Waals surface area (Å²) >= 11 is 5.17. The van der Waals surface area contributed by atoms with Gasteiger partial charge in [-0.2, -0.15) is 0 Å². The van der Waals surface area contributed by atoms with Gasteiger partial charge in [0.15, 0.2) is 6.61 Å². The van der Waals surface area contributed by atoms with Crippen molar-refractivity contribution in [1.29, 1.82) is 0 Å². The molecule has 1 aromatic rings. The first-order valence-corrected chi connectivity index (χ1v) is 4.88. The summed E-state index contributed by atoms with van der Waals surface area (Å²) < 4.78 is 5.18. The molecule has 0 N–H and O–H groups in total. The first-order chi connectivity index (χ1) is 6.59. The zero-order chi connectivity index (χ0) is 10.6. The molecule has 0 spiro atoms. The predicted octanol–water partition coefficient (Wildman–Crippen LogP) is 2.95. The molecule has 76 valence electrons. The van der Waals surface area contributed by atoms with Crippen molar-refractivity contribution >= 4 is 16.8 Å². The molecule has 1 rings (SSSR count). The number of rotatable bonds is 4. The van der Waals surface area contributed by atoms with Crippen LogP contribution in [0.5, 0.6) is 5.75 Å². The van der Waals surface area contributed by atoms with Crippen molar-refractivity contribution in [2.75, 3.05) is 6.61 Å². The van der Waals surface area contributed by atoms with Crippen LogP contribution < -0.4 is 4.74 Å². The molecule has 0 atom stereocenters. The van der Waals surface area contributed by atoms with Crippen molar-refractivity contribution in [3.05, 3.63) is 29.8 Å². The fourth-order valence-corrected chi connectivity index (χ4v) is 1.16. The van der Waals surface area contributed by atoms with Gasteiger partial charge in [-0.1, -0.05) is 26.0 Å². The quantitative estimate of drug-likeness (QED) is 0.718. The van der Waals surface area contributed by atoms with E-state index in [0.29, 0.717) is 11.7 Å². The third-order valence-electron chi connectivity index (χ3n) is 1.88. The van der Waals surface area contributed by atoms with Gasteiger partial charge in [-0.3, -0.25) is 4.79 Å². The molecule has 0 aliphatic heterocycles. The first-order valence-electron chi connectivity index (χ1n) is 4.50. The number of hydrogen-bond acceptors (Lipinski definition) is 2. The molecule has 0 unspecified atom stereocenters. The fourth-order valence-electron chi connectivity index (χ4n) is 1.10. The summed E-state index contributed by atoms with van der Waals surface area (Å²) in [5, 5.41) is -0.486. The van der Waals surface area contributed by atoms with Crippen LogP contribution in [0.15, 0.2) is 24.3 Å². The van der Waals surface area contributed by atoms with Gasteiger partial charge >= 0.3 is 0 Å². The summed E-state index contributed by atoms with van der Waals surface area (Å²) in [6.07, 6.45) is 0. The van der Waals surface area contributed by atoms with Crippen molar-refractivity contribution in [3.63, 3.8) is 0 Å². The van der Waals surface area contributed by atoms with Crippen LogP contribution in [-0.2, 0) is 4.79 Å². The van der Waals surface area contributed by atoms with Gasteiger partial charge < -0.3 is 4.74 Å². The lowest BCUT2D eigenvalue weighted by Crippen LogP contribution is -2.04. The number of hydrogen-bond donors (Lipinski definition) is 0. The maximum Gasteiger partial charge on any atom is 0.259 e. The lowest BCUT2D eigenvalue weighted by molar-refractivity contribution is -0.113. The Morgan fingerprint density at radius 2 is 2.21 bits per heavy atom. The van der Waals surface area contributed by atoms with Gasteiger partial charge in [-0.25, -0.2) is 0 Å². The zero-order valence-corrected chi connectivity index (χ0v) is 9.04. The Labute approximate surface area is 88.8 Å². The van der Waals surface area contributed by atoms with E-state index >= 15 is 0 Å². The molecule has 14 heavy (non-hydrogen) atoms. The topological polar surface area (TPSA) is 26.3 Å². The second kappa shape index (κ2) is 5.01. The molecular weight excluding hydrogens is 200 g/mol. The normalized spacial score (nSPS) is 10.3. The van der Waals surface area contributed by atoms with E-state index in [1.807, 2.05) is 24.3 Å². The molecule has 0 saturated carbocycles. The smallest absolute Gasteiger partial charge is 0.259 e. The molecule has 1 aromatic carbocycles. The van der Waals surface area contributed by atoms with E-state index in [-0.39, 0.29) is 6.61 Å². The monoisotopic (exact) mass is 212 g/mol. The summed E-state index contributed by atoms with van der Waals surface area (Å²) in [5.41, 5.74) is 1.18. The Hall–Kier alpha value is -1.02. The number of benzene rings is 1. The minimum atomic E-state index is -0.486. The summed E-state index contributed by atoms with van der Waals surface area (Å²) in [5.74, 6) is 1.13. The third-order valence-corrected chi connectivity index (χ3v) is 1.99. The molecule has 0 saturated heterocycles. The predicted molar refractivity (Wildman–Crippen MR) is 56.9 cm³/mol. The molecule has 0 aromatic heterocycles. The zero-order valence-electron chi connectivity index (χ0n) is 8.29. The van der Waals surface area contributed by atoms with Crippen molar-refractivity contribution in [3.8, 4) is 5.75 Å². The standard InChI is InChI=1S/C11H13ClO2/c1-8(2)9-4-3-5-10(6-9)14-7-11(12)13/h3-6,8H,7H2,1-2H3. The van der Waals surface area contributed by atoms with Crippen molar-refractivity contribution in [2.24, 2.45) is 0 Å². The Morgan fingerprint density at radius 3 is 2.79 bits per heavy atom. The maximum absolute atomic E-state index is 10.5. The SMILES string of the molecule is CC(C)c1cccc(OCC(=O)Cl)c1. The molecule has 0 heterocycles. The van der Waals surface area contributed by atoms with Crippen LogP contribution in [0, 0.1) is 0 Å². The van der Waals surface area contributed by atoms with Crippen LogP contribution in [0.4, 0.5) is 0 Å². The highest BCUT2D eigenvalue weighted by Gasteiger charge is 2.02. The molecule has 0 bridgehead atoms. The lowest BCUT2D eigenvalue weighted by Gasteiger charge is -2.08. The van der Waals surface area contributed by atoms with Gasteiger partial charge in [0, 0.05) is 0 Å². The van der Waals surface area contributed by atoms with Gasteiger partial charge in [0.05, 0.1) is 0 Å². The minimum absolute atomic E-state index is 0.0803. The molecule has 0 aliphatic rings. The van der Waals surface area contributed by atoms with E-state index in [2.05, 4.69) is 13.8 Å². The van der Waals surface area contributed by atoms with Crippen molar-refractivity contribution in [2.45, 2.75) is 19.8 Å². The van der Waals surface area contributed by atoms with Crippen LogP contribution >= 0.6 is 11.6 Å². The lowest BCUT2D eigenvalue weighted by atomic mass is 10.0. The van der Waals surface area contributed by atoms with Gasteiger partial charge in [0.1, 0.15) is 5.75 Å². The largest absolute Gasteiger partial charge is 0.484 e. The fraction of sp³-hybridized carbons (Fsp3) is 0.364. The van der Waals surface area contributed by atoms with Crippen molar-refractivity contribution in [1.82, 2.24) is 0 Å². The molecule has 0 amide bonds. The van der Waals surface area contributed by atoms with E-state index in [1.54, 1.807) is 0 Å². The Kier molecular flexibility index (Phi) is 3.96. The molecular formula is C11H13ClO2. The van der Waals surface area contributed by atoms with E-state index in [0.717, 1.165) is 0 Å². The molecule has 2 nitrogen and oxygen atoms in total. The minimum Gasteiger partial charge on any atom is -0.484 e. The van der Waals surface area contributed by atoms with Gasteiger partial charge in [-0.15, -0.1) is 0 Å². The van der Waals surface area contributed by atoms with Gasteiger partial charge in [0.2, 0.25) is 0 Å². The van der Waals surface area contributed by atoms with E-state index in [4.69, 9.17) is 16.3 Å². The van der Waals surface area contributed by atoms with E-state index in [1.165, 1.54) is 5.56 Å². The summed E-state index contributed by atoms with van der Waals surface area (Å²) in [4.78, 5) is 10.5. The summed E-state index contributed by atoms with van der Waals surface area (Å²) in [7, 11) is 0. The number of halogens is 1. The third kappa shape index (κ3) is 3.38. The highest BCUT2D eigenvalue weighted by atomic mass is 35.5. The highest BCUT2D eigenvalue weighted by molar-refractivity contribution is 6.63. The van der Waals surface area contributed by atoms with Gasteiger partial charge in [-0.05, 0) is 35.2 Å². The Bertz CT molecular complexity index is 321. The average molecular weight is 213 g/mol. The van der Waals surface area contributed by atoms with Crippen LogP contribution in [0.3, 0.4) is 0 Å². The first kappa shape index (κ1) is 11.1. The second-order valence-corrected chi connectivity index (χ2v) is 3.79. The average Bonchev–Trinajstić information content (AvgIpc) is 2.15. The number of carbonyl (C=O) groups is 1. The Balaban J connectivity index is 2.68.